The molecule has 7 aromatic rings. The summed E-state index contributed by atoms with van der Waals surface area (Å²) in [6.45, 7) is 0.216. The minimum absolute atomic E-state index is 0.0167. The number of nitrogens with two attached hydrogens (primary N) is 1. The fourth-order valence-electron chi connectivity index (χ4n) is 10.7. The predicted molar refractivity (Wildman–Crippen MR) is 314 cm³/mol. The van der Waals surface area contributed by atoms with Gasteiger partial charge in [-0.3, -0.25) is 33.6 Å². The molecule has 0 aromatic heterocycles. The van der Waals surface area contributed by atoms with Crippen molar-refractivity contribution >= 4 is 64.6 Å². The van der Waals surface area contributed by atoms with Crippen molar-refractivity contribution in [3.63, 3.8) is 0 Å². The fraction of sp³-hybridized carbons (Fsp3) is 0.197. The number of fused-ring (bicyclic) bond motifs is 14. The number of hydrogen-bond donors (Lipinski definition) is 16. The standard InChI is InChI=1S/C61H53Cl2N9O17/c1-65-10-11-66-57(82)51-34-22-31(74)23-40(77)46(34)33-16-26(4-6-38(33)75)48-58(83)72-52(61(86)71-51)53(78)27-5-9-42(36(63)17-27)89-45-20-29-19-44(54(45)79)88-41-8-2-24(12-35(41)62)13-37-55(80)68-49(59(84)70-50(29)60(85)69-48)28-14-30(73)21-32(15-28)87-43-18-25(3-7-39(43)76)47(64)56(81)67-37/h2-9,12,14-23,37,47-53,65,73-79H,10-11,13,64H2,1H3,(H,66,82)(H,67,81)(H,68,80)(H,69,85)(H,70,84)(H,71,86)(H,72,83)/t37-,47-,48-,49+,50-,51+,52+,53-/m1/s1. The first-order valence-electron chi connectivity index (χ1n) is 27.2. The summed E-state index contributed by atoms with van der Waals surface area (Å²) in [4.78, 5) is 105. The third-order valence-corrected chi connectivity index (χ3v) is 15.7. The first kappa shape index (κ1) is 60.2. The molecule has 0 radical (unpaired) electrons. The van der Waals surface area contributed by atoms with E-state index in [-0.39, 0.29) is 97.1 Å². The largest absolute Gasteiger partial charge is 0.508 e. The van der Waals surface area contributed by atoms with Crippen molar-refractivity contribution in [3.8, 4) is 80.1 Å². The van der Waals surface area contributed by atoms with Gasteiger partial charge in [0.2, 0.25) is 47.1 Å². The summed E-state index contributed by atoms with van der Waals surface area (Å²) < 4.78 is 18.5. The molecule has 0 aliphatic carbocycles. The second kappa shape index (κ2) is 24.3. The second-order valence-electron chi connectivity index (χ2n) is 21.2. The molecule has 26 nitrogen and oxygen atoms in total. The van der Waals surface area contributed by atoms with Crippen molar-refractivity contribution in [2.45, 2.75) is 54.8 Å². The van der Waals surface area contributed by atoms with E-state index in [4.69, 9.17) is 43.1 Å². The lowest BCUT2D eigenvalue weighted by atomic mass is 9.89. The van der Waals surface area contributed by atoms with Gasteiger partial charge in [-0.15, -0.1) is 0 Å². The highest BCUT2D eigenvalue weighted by Crippen LogP contribution is 2.48. The molecule has 7 amide bonds. The molecule has 0 fully saturated rings. The van der Waals surface area contributed by atoms with E-state index in [0.717, 1.165) is 54.6 Å². The Bertz CT molecular complexity index is 4120. The van der Waals surface area contributed by atoms with Crippen LogP contribution in [0.25, 0.3) is 11.1 Å². The number of carbonyl (C=O) groups is 7. The van der Waals surface area contributed by atoms with Crippen molar-refractivity contribution in [2.24, 2.45) is 5.73 Å². The number of aliphatic hydroxyl groups is 1. The fourth-order valence-corrected chi connectivity index (χ4v) is 11.1. The molecule has 7 aromatic carbocycles. The summed E-state index contributed by atoms with van der Waals surface area (Å²) in [5, 5.41) is 101. The van der Waals surface area contributed by atoms with Crippen molar-refractivity contribution in [1.29, 1.82) is 0 Å². The van der Waals surface area contributed by atoms with Crippen molar-refractivity contribution in [1.82, 2.24) is 42.5 Å². The quantitative estimate of drug-likeness (QED) is 0.110. The minimum Gasteiger partial charge on any atom is -0.508 e. The van der Waals surface area contributed by atoms with Gasteiger partial charge in [0.25, 0.3) is 0 Å². The van der Waals surface area contributed by atoms with Gasteiger partial charge in [0.15, 0.2) is 23.0 Å². The Hall–Kier alpha value is -10.5. The van der Waals surface area contributed by atoms with Gasteiger partial charge in [-0.1, -0.05) is 47.5 Å². The van der Waals surface area contributed by atoms with E-state index >= 15 is 14.4 Å². The number of hydrogen-bond acceptors (Lipinski definition) is 19. The zero-order chi connectivity index (χ0) is 63.3. The molecule has 0 unspecified atom stereocenters. The lowest BCUT2D eigenvalue weighted by molar-refractivity contribution is -0.137. The summed E-state index contributed by atoms with van der Waals surface area (Å²) in [6, 6.07) is 9.31. The third-order valence-electron chi connectivity index (χ3n) is 15.1. The molecule has 458 valence electrons. The third kappa shape index (κ3) is 12.2. The van der Waals surface area contributed by atoms with Crippen LogP contribution >= 0.6 is 23.2 Å². The number of rotatable bonds is 4. The lowest BCUT2D eigenvalue weighted by Crippen LogP contribution is -2.56. The maximum atomic E-state index is 15.8. The maximum Gasteiger partial charge on any atom is 0.248 e. The number of amides is 7. The highest BCUT2D eigenvalue weighted by atomic mass is 35.5. The van der Waals surface area contributed by atoms with E-state index in [9.17, 15) is 54.9 Å². The van der Waals surface area contributed by atoms with E-state index in [1.807, 2.05) is 0 Å². The zero-order valence-corrected chi connectivity index (χ0v) is 47.8. The Morgan fingerprint density at radius 2 is 1.13 bits per heavy atom. The number of halogens is 2. The Morgan fingerprint density at radius 1 is 0.539 bits per heavy atom. The van der Waals surface area contributed by atoms with Gasteiger partial charge >= 0.3 is 0 Å². The average Bonchev–Trinajstić information content (AvgIpc) is 1.19. The van der Waals surface area contributed by atoms with Crippen molar-refractivity contribution in [3.05, 3.63) is 164 Å². The number of aromatic hydroxyl groups is 6. The monoisotopic (exact) mass is 1250 g/mol. The number of carbonyl (C=O) groups excluding carboxylic acids is 7. The molecular weight excluding hydrogens is 1200 g/mol. The molecule has 6 aliphatic rings. The number of aliphatic hydroxyl groups excluding tert-OH is 1. The van der Waals surface area contributed by atoms with Crippen LogP contribution in [-0.2, 0) is 40.0 Å². The van der Waals surface area contributed by atoms with Crippen LogP contribution in [0, 0.1) is 0 Å². The molecule has 89 heavy (non-hydrogen) atoms. The SMILES string of the molecule is CNCCNC(=O)[C@H]1NC(=O)[C@H]2NC(=O)[C@H](NC(=O)[C@@H]3NC(=O)[C@H]4NC(=O)[C@@H](Cc5ccc(c(Cl)c5)Oc5cc3cc(c5O)Oc3ccc(cc3Cl)[C@H]2O)NC(=O)[C@H](N)c2ccc(O)c(c2)Oc2cc(O)cc4c2)c2ccc(O)c(c2)-c2c(O)cc(O)cc21. The van der Waals surface area contributed by atoms with Gasteiger partial charge in [0, 0.05) is 42.8 Å². The molecule has 8 atom stereocenters. The van der Waals surface area contributed by atoms with Crippen LogP contribution in [0.2, 0.25) is 10.0 Å². The molecule has 6 heterocycles. The van der Waals surface area contributed by atoms with Crippen LogP contribution in [0.15, 0.2) is 115 Å². The first-order valence-corrected chi connectivity index (χ1v) is 28.0. The van der Waals surface area contributed by atoms with E-state index in [1.165, 1.54) is 60.7 Å². The Labute approximate surface area is 513 Å². The summed E-state index contributed by atoms with van der Waals surface area (Å²) in [7, 11) is 1.61. The summed E-state index contributed by atoms with van der Waals surface area (Å²) >= 11 is 13.8. The number of ether oxygens (including phenoxy) is 3. The summed E-state index contributed by atoms with van der Waals surface area (Å²) in [5.74, 6) is -13.5. The van der Waals surface area contributed by atoms with Gasteiger partial charge in [0.1, 0.15) is 88.6 Å². The number of benzene rings is 7. The van der Waals surface area contributed by atoms with Crippen molar-refractivity contribution in [2.75, 3.05) is 20.1 Å². The van der Waals surface area contributed by atoms with Crippen LogP contribution in [0.5, 0.6) is 69.0 Å². The molecule has 17 bridgehead atoms. The van der Waals surface area contributed by atoms with E-state index in [0.29, 0.717) is 5.56 Å². The molecule has 0 spiro atoms. The Kier molecular flexibility index (Phi) is 16.5. The number of phenols is 6. The highest BCUT2D eigenvalue weighted by Gasteiger charge is 2.41. The van der Waals surface area contributed by atoms with Gasteiger partial charge in [-0.2, -0.15) is 0 Å². The molecule has 0 saturated carbocycles. The molecule has 0 saturated heterocycles. The molecular formula is C61H53Cl2N9O17. The molecule has 28 heteroatoms. The number of likely N-dealkylation sites (N-methyl/N-ethyl adjacent to an activating group) is 1. The van der Waals surface area contributed by atoms with Gasteiger partial charge in [-0.05, 0) is 125 Å². The average molecular weight is 1260 g/mol. The van der Waals surface area contributed by atoms with E-state index in [1.54, 1.807) is 7.05 Å². The van der Waals surface area contributed by atoms with Gasteiger partial charge in [-0.25, -0.2) is 0 Å². The number of phenolic OH excluding ortho intramolecular Hbond substituents is 6. The summed E-state index contributed by atoms with van der Waals surface area (Å²) in [6.07, 6.45) is -2.41. The normalized spacial score (nSPS) is 21.5. The van der Waals surface area contributed by atoms with E-state index < -0.39 is 136 Å². The summed E-state index contributed by atoms with van der Waals surface area (Å²) in [5.41, 5.74) is 5.00. The van der Waals surface area contributed by atoms with Crippen LogP contribution in [0.4, 0.5) is 0 Å². The first-order chi connectivity index (χ1) is 42.5. The Balaban J connectivity index is 1.13. The lowest BCUT2D eigenvalue weighted by Gasteiger charge is -2.31. The molecule has 13 rings (SSSR count). The molecule has 6 aliphatic heterocycles. The number of nitrogens with one attached hydrogen (secondary N) is 8. The van der Waals surface area contributed by atoms with Crippen molar-refractivity contribution < 1.29 is 83.5 Å². The van der Waals surface area contributed by atoms with Crippen LogP contribution in [-0.4, -0.2) is 109 Å². The van der Waals surface area contributed by atoms with Gasteiger partial charge in [0.05, 0.1) is 10.0 Å². The molecule has 17 N–H and O–H groups in total. The van der Waals surface area contributed by atoms with E-state index in [2.05, 4.69) is 42.5 Å². The highest BCUT2D eigenvalue weighted by molar-refractivity contribution is 6.32. The predicted octanol–water partition coefficient (Wildman–Crippen LogP) is 4.24. The van der Waals surface area contributed by atoms with Crippen LogP contribution in [0.1, 0.15) is 75.3 Å². The zero-order valence-electron chi connectivity index (χ0n) is 46.3. The van der Waals surface area contributed by atoms with Gasteiger partial charge < -0.3 is 98.2 Å². The Morgan fingerprint density at radius 3 is 1.82 bits per heavy atom. The second-order valence-corrected chi connectivity index (χ2v) is 22.0. The maximum absolute atomic E-state index is 15.8. The minimum atomic E-state index is -2.15. The van der Waals surface area contributed by atoms with Crippen LogP contribution in [0.3, 0.4) is 0 Å². The van der Waals surface area contributed by atoms with Crippen LogP contribution < -0.4 is 62.5 Å². The smallest absolute Gasteiger partial charge is 0.248 e. The topological polar surface area (TPSA) is 411 Å².